The van der Waals surface area contributed by atoms with E-state index in [-0.39, 0.29) is 43.8 Å². The zero-order valence-electron chi connectivity index (χ0n) is 65.3. The van der Waals surface area contributed by atoms with Gasteiger partial charge in [-0.05, 0) is 177 Å². The lowest BCUT2D eigenvalue weighted by molar-refractivity contribution is 0.325. The van der Waals surface area contributed by atoms with Gasteiger partial charge in [0.05, 0.1) is 39.1 Å². The van der Waals surface area contributed by atoms with Crippen LogP contribution in [0, 0.1) is 21.7 Å². The minimum absolute atomic E-state index is 0.117. The molecule has 0 saturated carbocycles. The Hall–Kier alpha value is -6.58. The van der Waals surface area contributed by atoms with Gasteiger partial charge in [-0.15, -0.1) is 0 Å². The Morgan fingerprint density at radius 2 is 0.406 bits per heavy atom. The van der Waals surface area contributed by atoms with E-state index in [1.807, 2.05) is 43.5 Å². The Morgan fingerprint density at radius 3 is 0.531 bits per heavy atom. The molecule has 0 aliphatic heterocycles. The summed E-state index contributed by atoms with van der Waals surface area (Å²) in [6, 6.07) is 36.5. The quantitative estimate of drug-likeness (QED) is 0.0755. The molecular weight excluding hydrogens is 1190 g/mol. The maximum atomic E-state index is 9.50. The van der Waals surface area contributed by atoms with Gasteiger partial charge in [0.25, 0.3) is 0 Å². The minimum atomic E-state index is 0.117. The van der Waals surface area contributed by atoms with Crippen molar-refractivity contribution in [2.75, 3.05) is 14.4 Å². The second kappa shape index (κ2) is 35.8. The van der Waals surface area contributed by atoms with Crippen LogP contribution in [-0.4, -0.2) is 75.6 Å². The molecule has 8 rings (SSSR count). The summed E-state index contributed by atoms with van der Waals surface area (Å²) in [5.41, 5.74) is 16.3. The van der Waals surface area contributed by atoms with Gasteiger partial charge in [-0.25, -0.2) is 0 Å². The Kier molecular flexibility index (Phi) is 31.2. The van der Waals surface area contributed by atoms with Crippen LogP contribution >= 0.6 is 0 Å². The molecule has 4 N–H and O–H groups in total. The normalized spacial score (nSPS) is 13.6. The first kappa shape index (κ1) is 83.6. The van der Waals surface area contributed by atoms with Crippen molar-refractivity contribution in [3.63, 3.8) is 0 Å². The van der Waals surface area contributed by atoms with E-state index in [1.165, 1.54) is 66.8 Å². The first-order chi connectivity index (χ1) is 44.1. The van der Waals surface area contributed by atoms with Gasteiger partial charge in [0, 0.05) is 120 Å². The van der Waals surface area contributed by atoms with E-state index in [0.29, 0.717) is 38.5 Å². The number of benzene rings is 4. The highest BCUT2D eigenvalue weighted by Gasteiger charge is 2.21. The number of rotatable bonds is 16. The van der Waals surface area contributed by atoms with Crippen LogP contribution in [0.2, 0.25) is 0 Å². The van der Waals surface area contributed by atoms with Gasteiger partial charge in [-0.1, -0.05) is 180 Å². The van der Waals surface area contributed by atoms with E-state index >= 15 is 0 Å². The number of hydrogen-bond donors (Lipinski definition) is 4. The summed E-state index contributed by atoms with van der Waals surface area (Å²) >= 11 is 0. The maximum Gasteiger partial charge on any atom is 0.0785 e. The first-order valence-electron chi connectivity index (χ1n) is 34.5. The number of nitrogens with one attached hydrogen (secondary N) is 4. The lowest BCUT2D eigenvalue weighted by Crippen LogP contribution is -2.37. The topological polar surface area (TPSA) is 119 Å². The predicted octanol–water partition coefficient (Wildman–Crippen LogP) is 21.4. The summed E-state index contributed by atoms with van der Waals surface area (Å²) in [4.78, 5) is 0. The summed E-state index contributed by atoms with van der Waals surface area (Å²) < 4.78 is 27.1. The second-order valence-electron chi connectivity index (χ2n) is 34.9. The molecule has 4 aromatic heterocycles. The van der Waals surface area contributed by atoms with Gasteiger partial charge in [0.2, 0.25) is 0 Å². The minimum Gasteiger partial charge on any atom is -0.306 e. The molecule has 4 heterocycles. The van der Waals surface area contributed by atoms with Crippen LogP contribution in [0.25, 0.3) is 44.5 Å². The molecule has 96 heavy (non-hydrogen) atoms. The summed E-state index contributed by atoms with van der Waals surface area (Å²) in [5.74, 6) is 0. The lowest BCUT2D eigenvalue weighted by atomic mass is 9.97. The Labute approximate surface area is 582 Å². The molecule has 4 aromatic carbocycles. The summed E-state index contributed by atoms with van der Waals surface area (Å²) in [6.45, 7) is 65.7. The van der Waals surface area contributed by atoms with Gasteiger partial charge < -0.3 is 21.3 Å². The second-order valence-corrected chi connectivity index (χ2v) is 34.9. The molecule has 0 bridgehead atoms. The molecule has 0 fully saturated rings. The molecular formula is C82H130F2N12. The van der Waals surface area contributed by atoms with E-state index < -0.39 is 0 Å². The number of alkyl halides is 2. The average molecular weight is 1320 g/mol. The highest BCUT2D eigenvalue weighted by molar-refractivity contribution is 5.64. The van der Waals surface area contributed by atoms with Gasteiger partial charge in [-0.2, -0.15) is 20.4 Å². The van der Waals surface area contributed by atoms with Crippen molar-refractivity contribution in [2.45, 2.75) is 266 Å². The molecule has 0 aliphatic carbocycles. The fraction of sp³-hybridized carbons (Fsp3) is 0.561. The summed E-state index contributed by atoms with van der Waals surface area (Å²) in [5, 5.41) is 32.4. The van der Waals surface area contributed by atoms with Crippen molar-refractivity contribution in [1.29, 1.82) is 0 Å². The van der Waals surface area contributed by atoms with E-state index in [2.05, 4.69) is 357 Å². The van der Waals surface area contributed by atoms with Crippen molar-refractivity contribution in [3.05, 3.63) is 169 Å². The SMILES string of the molecule is CC(NC(C)(C)C)c1ccc(-c2cnn(CC(C)(C)C)c2)cc1.CC(NC(C)(C)C)c1ccc(-c2cnn(CC(C)(C)C)c2)cc1.CC(NC(C)(C)C)c1ccc(-c2cnn(CC(C)(C)C)c2)cc1.CC(NC(C)(C)C)c1ccc(-c2cnn(CC(C)(C)C)c2)cc1.CF.CF. The van der Waals surface area contributed by atoms with Crippen molar-refractivity contribution in [2.24, 2.45) is 21.7 Å². The number of halogens is 2. The third-order valence-corrected chi connectivity index (χ3v) is 14.7. The standard InChI is InChI=1S/4C20H31N3.2CH3F/c4*1-15(22-20(5,6)7)16-8-10-17(11-9-16)18-12-21-23(13-18)14-19(2,3)4;2*1-2/h4*8-13,15,22H,14H2,1-7H3;2*1H3. The van der Waals surface area contributed by atoms with E-state index in [4.69, 9.17) is 0 Å². The van der Waals surface area contributed by atoms with Crippen LogP contribution in [-0.2, 0) is 26.2 Å². The maximum absolute atomic E-state index is 9.50. The average Bonchev–Trinajstić information content (AvgIpc) is 1.58. The van der Waals surface area contributed by atoms with E-state index in [9.17, 15) is 8.78 Å². The Morgan fingerprint density at radius 1 is 0.260 bits per heavy atom. The van der Waals surface area contributed by atoms with Crippen LogP contribution in [0.1, 0.15) is 240 Å². The summed E-state index contributed by atoms with van der Waals surface area (Å²) in [6.07, 6.45) is 16.4. The van der Waals surface area contributed by atoms with Crippen molar-refractivity contribution in [3.8, 4) is 44.5 Å². The third-order valence-electron chi connectivity index (χ3n) is 14.7. The van der Waals surface area contributed by atoms with Crippen molar-refractivity contribution in [1.82, 2.24) is 60.4 Å². The number of aromatic nitrogens is 8. The highest BCUT2D eigenvalue weighted by Crippen LogP contribution is 2.30. The lowest BCUT2D eigenvalue weighted by Gasteiger charge is -2.26. The van der Waals surface area contributed by atoms with E-state index in [1.54, 1.807) is 0 Å². The molecule has 0 radical (unpaired) electrons. The van der Waals surface area contributed by atoms with Gasteiger partial charge >= 0.3 is 0 Å². The zero-order valence-corrected chi connectivity index (χ0v) is 65.3. The van der Waals surface area contributed by atoms with Crippen LogP contribution in [0.4, 0.5) is 8.78 Å². The highest BCUT2D eigenvalue weighted by atomic mass is 19.1. The summed E-state index contributed by atoms with van der Waals surface area (Å²) in [7, 11) is 1.00. The van der Waals surface area contributed by atoms with Gasteiger partial charge in [0.1, 0.15) is 0 Å². The van der Waals surface area contributed by atoms with Crippen LogP contribution in [0.5, 0.6) is 0 Å². The smallest absolute Gasteiger partial charge is 0.0785 e. The number of hydrogen-bond acceptors (Lipinski definition) is 8. The number of nitrogens with zero attached hydrogens (tertiary/aromatic N) is 8. The molecule has 4 unspecified atom stereocenters. The molecule has 8 aromatic rings. The van der Waals surface area contributed by atoms with Crippen molar-refractivity contribution >= 4 is 0 Å². The zero-order chi connectivity index (χ0) is 73.0. The van der Waals surface area contributed by atoms with Crippen LogP contribution in [0.3, 0.4) is 0 Å². The molecule has 0 spiro atoms. The predicted molar refractivity (Wildman–Crippen MR) is 408 cm³/mol. The van der Waals surface area contributed by atoms with E-state index in [0.717, 1.165) is 26.2 Å². The van der Waals surface area contributed by atoms with Gasteiger partial charge in [0.15, 0.2) is 0 Å². The van der Waals surface area contributed by atoms with Crippen LogP contribution in [0.15, 0.2) is 147 Å². The molecule has 0 saturated heterocycles. The molecule has 532 valence electrons. The molecule has 0 aliphatic rings. The Balaban J connectivity index is 0.000000327. The monoisotopic (exact) mass is 1320 g/mol. The molecule has 0 amide bonds. The fourth-order valence-electron chi connectivity index (χ4n) is 11.1. The molecule has 4 atom stereocenters. The van der Waals surface area contributed by atoms with Gasteiger partial charge in [-0.3, -0.25) is 27.5 Å². The van der Waals surface area contributed by atoms with Crippen LogP contribution < -0.4 is 21.3 Å². The first-order valence-corrected chi connectivity index (χ1v) is 34.5. The largest absolute Gasteiger partial charge is 0.306 e. The molecule has 12 nitrogen and oxygen atoms in total. The Bertz CT molecular complexity index is 2970. The third kappa shape index (κ3) is 32.6. The fourth-order valence-corrected chi connectivity index (χ4v) is 11.1. The molecule has 14 heteroatoms. The van der Waals surface area contributed by atoms with Crippen molar-refractivity contribution < 1.29 is 8.78 Å².